The summed E-state index contributed by atoms with van der Waals surface area (Å²) >= 11 is 6.09. The zero-order chi connectivity index (χ0) is 13.1. The number of carbonyl (C=O) groups is 1. The highest BCUT2D eigenvalue weighted by molar-refractivity contribution is 14.1. The zero-order valence-electron chi connectivity index (χ0n) is 10.3. The molecule has 102 valence electrons. The van der Waals surface area contributed by atoms with Crippen LogP contribution in [-0.2, 0) is 19.0 Å². The fourth-order valence-electron chi connectivity index (χ4n) is 3.66. The lowest BCUT2D eigenvalue weighted by molar-refractivity contribution is -0.326. The van der Waals surface area contributed by atoms with Crippen molar-refractivity contribution in [1.29, 1.82) is 0 Å². The number of alkyl halides is 2. The maximum absolute atomic E-state index is 11.3. The highest BCUT2D eigenvalue weighted by atomic mass is 127. The van der Waals surface area contributed by atoms with Crippen molar-refractivity contribution >= 4 is 44.5 Å². The summed E-state index contributed by atoms with van der Waals surface area (Å²) in [4.78, 5) is 11.3. The minimum absolute atomic E-state index is 0.146. The summed E-state index contributed by atoms with van der Waals surface area (Å²) < 4.78 is 18.1. The quantitative estimate of drug-likeness (QED) is 0.383. The molecule has 0 amide bonds. The Bertz CT molecular complexity index is 388. The maximum Gasteiger partial charge on any atom is 0.303 e. The molecule has 0 N–H and O–H groups in total. The summed E-state index contributed by atoms with van der Waals surface area (Å²) in [7, 11) is 0. The van der Waals surface area contributed by atoms with Crippen molar-refractivity contribution < 1.29 is 19.0 Å². The van der Waals surface area contributed by atoms with E-state index in [4.69, 9.17) is 14.2 Å². The van der Waals surface area contributed by atoms with E-state index in [1.165, 1.54) is 6.92 Å². The van der Waals surface area contributed by atoms with Crippen LogP contribution in [0, 0.1) is 11.8 Å². The lowest BCUT2D eigenvalue weighted by atomic mass is 9.75. The van der Waals surface area contributed by atoms with Crippen LogP contribution in [0.4, 0.5) is 0 Å². The molecule has 0 aromatic rings. The number of fused-ring (bicyclic) bond motifs is 1. The molecule has 4 bridgehead atoms. The molecular weight excluding hydrogens is 415 g/mol. The van der Waals surface area contributed by atoms with Crippen LogP contribution in [0.25, 0.3) is 0 Å². The van der Waals surface area contributed by atoms with E-state index in [1.54, 1.807) is 0 Å². The van der Waals surface area contributed by atoms with E-state index in [2.05, 4.69) is 45.4 Å². The maximum atomic E-state index is 11.3. The first-order valence-corrected chi connectivity index (χ1v) is 8.45. The minimum atomic E-state index is -0.354. The lowest BCUT2D eigenvalue weighted by Gasteiger charge is -2.55. The van der Waals surface area contributed by atoms with Gasteiger partial charge in [-0.3, -0.25) is 4.79 Å². The molecular formula is C12H16BrIO4. The van der Waals surface area contributed by atoms with Gasteiger partial charge >= 0.3 is 5.97 Å². The number of hydrogen-bond acceptors (Lipinski definition) is 4. The zero-order valence-corrected chi connectivity index (χ0v) is 14.1. The topological polar surface area (TPSA) is 44.8 Å². The van der Waals surface area contributed by atoms with Crippen molar-refractivity contribution in [2.75, 3.05) is 11.0 Å². The van der Waals surface area contributed by atoms with Crippen LogP contribution in [-0.4, -0.2) is 39.3 Å². The Balaban J connectivity index is 1.97. The van der Waals surface area contributed by atoms with Gasteiger partial charge in [-0.05, 0) is 19.3 Å². The third-order valence-corrected chi connectivity index (χ3v) is 6.74. The van der Waals surface area contributed by atoms with Gasteiger partial charge in [-0.15, -0.1) is 0 Å². The van der Waals surface area contributed by atoms with Gasteiger partial charge in [0.05, 0.1) is 10.9 Å². The molecule has 3 aliphatic heterocycles. The second-order valence-electron chi connectivity index (χ2n) is 5.57. The largest absolute Gasteiger partial charge is 0.459 e. The number of rotatable bonds is 2. The SMILES string of the molecule is CC(=O)OC1CC2C3COC(OC13CI)C2(C)Br. The molecule has 4 rings (SSSR count). The first-order chi connectivity index (χ1) is 8.41. The Morgan fingerprint density at radius 2 is 2.28 bits per heavy atom. The van der Waals surface area contributed by atoms with Gasteiger partial charge in [0, 0.05) is 17.3 Å². The smallest absolute Gasteiger partial charge is 0.303 e. The Kier molecular flexibility index (Phi) is 3.24. The Morgan fingerprint density at radius 1 is 1.56 bits per heavy atom. The van der Waals surface area contributed by atoms with Gasteiger partial charge in [0.15, 0.2) is 6.29 Å². The van der Waals surface area contributed by atoms with Gasteiger partial charge in [0.1, 0.15) is 11.7 Å². The number of ether oxygens (including phenoxy) is 3. The summed E-state index contributed by atoms with van der Waals surface area (Å²) in [5, 5.41) is 0. The van der Waals surface area contributed by atoms with E-state index in [9.17, 15) is 4.79 Å². The van der Waals surface area contributed by atoms with Crippen molar-refractivity contribution in [3.05, 3.63) is 0 Å². The van der Waals surface area contributed by atoms with E-state index < -0.39 is 0 Å². The molecule has 0 aromatic heterocycles. The molecule has 18 heavy (non-hydrogen) atoms. The summed E-state index contributed by atoms with van der Waals surface area (Å²) in [6.07, 6.45) is 0.463. The molecule has 1 saturated carbocycles. The monoisotopic (exact) mass is 430 g/mol. The van der Waals surface area contributed by atoms with Gasteiger partial charge < -0.3 is 14.2 Å². The van der Waals surface area contributed by atoms with Crippen LogP contribution in [0.3, 0.4) is 0 Å². The number of halogens is 2. The standard InChI is InChI=1S/C12H16BrIO4/c1-6(15)17-9-3-7-8-4-16-10(11(7,2)13)18-12(8,9)5-14/h7-10H,3-5H2,1-2H3. The normalized spacial score (nSPS) is 53.6. The molecule has 1 aliphatic carbocycles. The molecule has 4 aliphatic rings. The third-order valence-electron chi connectivity index (χ3n) is 4.58. The second kappa shape index (κ2) is 4.30. The fourth-order valence-corrected chi connectivity index (χ4v) is 5.63. The minimum Gasteiger partial charge on any atom is -0.459 e. The molecule has 0 spiro atoms. The summed E-state index contributed by atoms with van der Waals surface area (Å²) in [5.41, 5.74) is -0.354. The van der Waals surface area contributed by atoms with Crippen molar-refractivity contribution in [1.82, 2.24) is 0 Å². The Morgan fingerprint density at radius 3 is 2.89 bits per heavy atom. The molecule has 0 aromatic carbocycles. The summed E-state index contributed by atoms with van der Waals surface area (Å²) in [5.74, 6) is 0.505. The van der Waals surface area contributed by atoms with Gasteiger partial charge in [-0.2, -0.15) is 0 Å². The number of carbonyl (C=O) groups excluding carboxylic acids is 1. The van der Waals surface area contributed by atoms with Crippen LogP contribution in [0.5, 0.6) is 0 Å². The van der Waals surface area contributed by atoms with Crippen LogP contribution >= 0.6 is 38.5 Å². The average Bonchev–Trinajstić information content (AvgIpc) is 2.59. The molecule has 4 nitrogen and oxygen atoms in total. The van der Waals surface area contributed by atoms with Crippen LogP contribution in [0.2, 0.25) is 0 Å². The number of hydrogen-bond donors (Lipinski definition) is 0. The Labute approximate surface area is 128 Å². The molecule has 6 heteroatoms. The fraction of sp³-hybridized carbons (Fsp3) is 0.917. The first kappa shape index (κ1) is 13.6. The molecule has 6 atom stereocenters. The van der Waals surface area contributed by atoms with Crippen molar-refractivity contribution in [2.45, 2.75) is 42.6 Å². The van der Waals surface area contributed by atoms with E-state index >= 15 is 0 Å². The summed E-state index contributed by atoms with van der Waals surface area (Å²) in [6.45, 7) is 4.28. The van der Waals surface area contributed by atoms with Gasteiger partial charge in [0.2, 0.25) is 0 Å². The average molecular weight is 431 g/mol. The molecule has 0 radical (unpaired) electrons. The third kappa shape index (κ3) is 1.64. The Hall–Kier alpha value is 0.600. The predicted molar refractivity (Wildman–Crippen MR) is 76.9 cm³/mol. The lowest BCUT2D eigenvalue weighted by Crippen LogP contribution is -2.66. The first-order valence-electron chi connectivity index (χ1n) is 6.13. The predicted octanol–water partition coefficient (Wildman–Crippen LogP) is 2.27. The van der Waals surface area contributed by atoms with E-state index in [1.807, 2.05) is 0 Å². The molecule has 3 saturated heterocycles. The van der Waals surface area contributed by atoms with Gasteiger partial charge in [-0.1, -0.05) is 38.5 Å². The molecule has 3 heterocycles. The van der Waals surface area contributed by atoms with Crippen LogP contribution in [0.15, 0.2) is 0 Å². The van der Waals surface area contributed by atoms with E-state index in [0.717, 1.165) is 10.8 Å². The number of esters is 1. The van der Waals surface area contributed by atoms with Crippen molar-refractivity contribution in [3.63, 3.8) is 0 Å². The van der Waals surface area contributed by atoms with Gasteiger partial charge in [-0.25, -0.2) is 0 Å². The van der Waals surface area contributed by atoms with Gasteiger partial charge in [0.25, 0.3) is 0 Å². The molecule has 4 fully saturated rings. The van der Waals surface area contributed by atoms with Crippen molar-refractivity contribution in [3.8, 4) is 0 Å². The second-order valence-corrected chi connectivity index (χ2v) is 8.04. The van der Waals surface area contributed by atoms with Crippen LogP contribution < -0.4 is 0 Å². The summed E-state index contributed by atoms with van der Waals surface area (Å²) in [6, 6.07) is 0. The van der Waals surface area contributed by atoms with Crippen LogP contribution in [0.1, 0.15) is 20.3 Å². The highest BCUT2D eigenvalue weighted by Crippen LogP contribution is 2.61. The van der Waals surface area contributed by atoms with E-state index in [0.29, 0.717) is 18.4 Å². The highest BCUT2D eigenvalue weighted by Gasteiger charge is 2.70. The van der Waals surface area contributed by atoms with Crippen molar-refractivity contribution in [2.24, 2.45) is 11.8 Å². The molecule has 6 unspecified atom stereocenters. The van der Waals surface area contributed by atoms with E-state index in [-0.39, 0.29) is 28.3 Å².